The third-order valence-electron chi connectivity index (χ3n) is 4.10. The second-order valence-corrected chi connectivity index (χ2v) is 7.11. The molecule has 0 radical (unpaired) electrons. The molecule has 1 aromatic heterocycles. The highest BCUT2D eigenvalue weighted by molar-refractivity contribution is 7.99. The van der Waals surface area contributed by atoms with Crippen molar-refractivity contribution in [1.82, 2.24) is 20.4 Å². The maximum Gasteiger partial charge on any atom is 0.274 e. The van der Waals surface area contributed by atoms with E-state index in [0.717, 1.165) is 30.8 Å². The number of amides is 1. The molecular formula is C17H19ClN4OS. The summed E-state index contributed by atoms with van der Waals surface area (Å²) in [5.74, 6) is -0.0497. The molecule has 0 spiro atoms. The third-order valence-corrected chi connectivity index (χ3v) is 5.55. The summed E-state index contributed by atoms with van der Waals surface area (Å²) in [4.78, 5) is 15.3. The molecule has 0 bridgehead atoms. The standard InChI is InChI=1S/C17H19ClN4OS/c1-19-12-8-10-22(11-9-12)17(23)14-6-7-16(21-20-14)24-15-5-3-2-4-13(15)18/h2-7,12,19H,8-11H2,1H3. The minimum Gasteiger partial charge on any atom is -0.337 e. The predicted molar refractivity (Wildman–Crippen MR) is 95.6 cm³/mol. The largest absolute Gasteiger partial charge is 0.337 e. The fourth-order valence-electron chi connectivity index (χ4n) is 2.66. The van der Waals surface area contributed by atoms with Gasteiger partial charge in [0.2, 0.25) is 0 Å². The zero-order chi connectivity index (χ0) is 16.9. The van der Waals surface area contributed by atoms with Crippen molar-refractivity contribution in [3.8, 4) is 0 Å². The summed E-state index contributed by atoms with van der Waals surface area (Å²) in [6, 6.07) is 11.6. The first-order valence-corrected chi connectivity index (χ1v) is 9.09. The quantitative estimate of drug-likeness (QED) is 0.905. The van der Waals surface area contributed by atoms with Gasteiger partial charge in [-0.2, -0.15) is 0 Å². The van der Waals surface area contributed by atoms with Crippen LogP contribution in [0.3, 0.4) is 0 Å². The van der Waals surface area contributed by atoms with Gasteiger partial charge in [0, 0.05) is 24.0 Å². The van der Waals surface area contributed by atoms with E-state index in [9.17, 15) is 4.79 Å². The van der Waals surface area contributed by atoms with Gasteiger partial charge >= 0.3 is 0 Å². The van der Waals surface area contributed by atoms with E-state index in [0.29, 0.717) is 21.8 Å². The van der Waals surface area contributed by atoms with Crippen molar-refractivity contribution in [1.29, 1.82) is 0 Å². The lowest BCUT2D eigenvalue weighted by Gasteiger charge is -2.31. The Hall–Kier alpha value is -1.63. The number of aromatic nitrogens is 2. The molecule has 3 rings (SSSR count). The Labute approximate surface area is 150 Å². The lowest BCUT2D eigenvalue weighted by molar-refractivity contribution is 0.0700. The molecule has 2 heterocycles. The molecule has 1 aliphatic heterocycles. The fraction of sp³-hybridized carbons (Fsp3) is 0.353. The van der Waals surface area contributed by atoms with Crippen molar-refractivity contribution in [2.24, 2.45) is 0 Å². The van der Waals surface area contributed by atoms with Crippen LogP contribution in [0.15, 0.2) is 46.3 Å². The number of likely N-dealkylation sites (tertiary alicyclic amines) is 1. The zero-order valence-electron chi connectivity index (χ0n) is 13.4. The summed E-state index contributed by atoms with van der Waals surface area (Å²) in [6.07, 6.45) is 1.94. The highest BCUT2D eigenvalue weighted by Crippen LogP contribution is 2.31. The summed E-state index contributed by atoms with van der Waals surface area (Å²) in [6.45, 7) is 1.50. The van der Waals surface area contributed by atoms with Crippen molar-refractivity contribution in [2.75, 3.05) is 20.1 Å². The Bertz CT molecular complexity index is 702. The monoisotopic (exact) mass is 362 g/mol. The van der Waals surface area contributed by atoms with E-state index in [4.69, 9.17) is 11.6 Å². The van der Waals surface area contributed by atoms with Crippen LogP contribution in [0, 0.1) is 0 Å². The Morgan fingerprint density at radius 1 is 1.21 bits per heavy atom. The van der Waals surface area contributed by atoms with Gasteiger partial charge in [-0.05, 0) is 44.2 Å². The number of rotatable bonds is 4. The van der Waals surface area contributed by atoms with E-state index in [1.807, 2.05) is 42.3 Å². The molecule has 1 amide bonds. The molecule has 0 unspecified atom stereocenters. The van der Waals surface area contributed by atoms with E-state index in [2.05, 4.69) is 15.5 Å². The van der Waals surface area contributed by atoms with E-state index >= 15 is 0 Å². The van der Waals surface area contributed by atoms with Crippen LogP contribution >= 0.6 is 23.4 Å². The number of hydrogen-bond donors (Lipinski definition) is 1. The van der Waals surface area contributed by atoms with Crippen molar-refractivity contribution in [2.45, 2.75) is 28.8 Å². The molecule has 5 nitrogen and oxygen atoms in total. The topological polar surface area (TPSA) is 58.1 Å². The summed E-state index contributed by atoms with van der Waals surface area (Å²) >= 11 is 7.58. The predicted octanol–water partition coefficient (Wildman–Crippen LogP) is 3.11. The molecule has 2 aromatic rings. The zero-order valence-corrected chi connectivity index (χ0v) is 15.0. The second kappa shape index (κ2) is 7.96. The molecule has 1 fully saturated rings. The van der Waals surface area contributed by atoms with E-state index < -0.39 is 0 Å². The number of benzene rings is 1. The van der Waals surface area contributed by atoms with Crippen molar-refractivity contribution >= 4 is 29.3 Å². The van der Waals surface area contributed by atoms with Gasteiger partial charge in [0.25, 0.3) is 5.91 Å². The smallest absolute Gasteiger partial charge is 0.274 e. The maximum absolute atomic E-state index is 12.5. The van der Waals surface area contributed by atoms with Crippen LogP contribution < -0.4 is 5.32 Å². The lowest BCUT2D eigenvalue weighted by Crippen LogP contribution is -2.44. The van der Waals surface area contributed by atoms with Crippen LogP contribution in [0.4, 0.5) is 0 Å². The minimum atomic E-state index is -0.0497. The highest BCUT2D eigenvalue weighted by atomic mass is 35.5. The molecule has 24 heavy (non-hydrogen) atoms. The van der Waals surface area contributed by atoms with Crippen LogP contribution in [0.25, 0.3) is 0 Å². The van der Waals surface area contributed by atoms with Crippen LogP contribution in [0.5, 0.6) is 0 Å². The van der Waals surface area contributed by atoms with Gasteiger partial charge in [0.15, 0.2) is 5.69 Å². The van der Waals surface area contributed by atoms with Gasteiger partial charge in [0.05, 0.1) is 5.02 Å². The number of carbonyl (C=O) groups is 1. The molecule has 1 saturated heterocycles. The number of carbonyl (C=O) groups excluding carboxylic acids is 1. The fourth-order valence-corrected chi connectivity index (χ4v) is 3.67. The highest BCUT2D eigenvalue weighted by Gasteiger charge is 2.23. The third kappa shape index (κ3) is 4.06. The van der Waals surface area contributed by atoms with Gasteiger partial charge in [-0.25, -0.2) is 0 Å². The summed E-state index contributed by atoms with van der Waals surface area (Å²) < 4.78 is 0. The van der Waals surface area contributed by atoms with Crippen molar-refractivity contribution in [3.63, 3.8) is 0 Å². The van der Waals surface area contributed by atoms with Crippen LogP contribution in [0.2, 0.25) is 5.02 Å². The summed E-state index contributed by atoms with van der Waals surface area (Å²) in [5.41, 5.74) is 0.390. The normalized spacial score (nSPS) is 15.5. The van der Waals surface area contributed by atoms with Gasteiger partial charge in [0.1, 0.15) is 5.03 Å². The average Bonchev–Trinajstić information content (AvgIpc) is 2.64. The van der Waals surface area contributed by atoms with Gasteiger partial charge in [-0.15, -0.1) is 10.2 Å². The SMILES string of the molecule is CNC1CCN(C(=O)c2ccc(Sc3ccccc3Cl)nn2)CC1. The Morgan fingerprint density at radius 3 is 2.58 bits per heavy atom. The molecule has 0 aliphatic carbocycles. The molecular weight excluding hydrogens is 344 g/mol. The molecule has 7 heteroatoms. The van der Waals surface area contributed by atoms with Crippen LogP contribution in [-0.2, 0) is 0 Å². The molecule has 126 valence electrons. The van der Waals surface area contributed by atoms with Gasteiger partial charge < -0.3 is 10.2 Å². The molecule has 1 aromatic carbocycles. The number of hydrogen-bond acceptors (Lipinski definition) is 5. The first kappa shape index (κ1) is 17.2. The molecule has 0 saturated carbocycles. The van der Waals surface area contributed by atoms with E-state index in [-0.39, 0.29) is 5.91 Å². The maximum atomic E-state index is 12.5. The number of halogens is 1. The lowest BCUT2D eigenvalue weighted by atomic mass is 10.1. The first-order valence-electron chi connectivity index (χ1n) is 7.90. The van der Waals surface area contributed by atoms with Gasteiger partial charge in [-0.1, -0.05) is 35.5 Å². The first-order chi connectivity index (χ1) is 11.7. The second-order valence-electron chi connectivity index (χ2n) is 5.64. The van der Waals surface area contributed by atoms with Crippen LogP contribution in [0.1, 0.15) is 23.3 Å². The Kier molecular flexibility index (Phi) is 5.71. The average molecular weight is 363 g/mol. The molecule has 0 atom stereocenters. The van der Waals surface area contributed by atoms with Crippen molar-refractivity contribution in [3.05, 3.63) is 47.1 Å². The van der Waals surface area contributed by atoms with E-state index in [1.54, 1.807) is 6.07 Å². The number of piperidine rings is 1. The summed E-state index contributed by atoms with van der Waals surface area (Å²) in [5, 5.41) is 12.9. The van der Waals surface area contributed by atoms with Crippen LogP contribution in [-0.4, -0.2) is 47.2 Å². The Balaban J connectivity index is 1.64. The number of nitrogens with one attached hydrogen (secondary N) is 1. The molecule has 1 N–H and O–H groups in total. The van der Waals surface area contributed by atoms with Crippen molar-refractivity contribution < 1.29 is 4.79 Å². The minimum absolute atomic E-state index is 0.0497. The van der Waals surface area contributed by atoms with Gasteiger partial charge in [-0.3, -0.25) is 4.79 Å². The Morgan fingerprint density at radius 2 is 1.96 bits per heavy atom. The summed E-state index contributed by atoms with van der Waals surface area (Å²) in [7, 11) is 1.96. The number of nitrogens with zero attached hydrogens (tertiary/aromatic N) is 3. The van der Waals surface area contributed by atoms with E-state index in [1.165, 1.54) is 11.8 Å². The molecule has 1 aliphatic rings.